The SMILES string of the molecule is [2H]C([2H])([2H])Oc1ccc(F)cc1[C@@H](C)Nc1ccn2ncc(/C(N)=N/O)c2n1. The van der Waals surface area contributed by atoms with E-state index in [0.717, 1.165) is 6.07 Å². The third kappa shape index (κ3) is 3.16. The molecule has 0 fully saturated rings. The molecule has 3 aromatic rings. The summed E-state index contributed by atoms with van der Waals surface area (Å²) in [5.74, 6) is -0.262. The summed E-state index contributed by atoms with van der Waals surface area (Å²) in [6.45, 7) is 1.70. The first kappa shape index (κ1) is 13.0. The van der Waals surface area contributed by atoms with Crippen molar-refractivity contribution in [2.24, 2.45) is 10.9 Å². The molecule has 0 saturated heterocycles. The molecule has 9 heteroatoms. The lowest BCUT2D eigenvalue weighted by Gasteiger charge is -2.18. The van der Waals surface area contributed by atoms with Gasteiger partial charge < -0.3 is 21.0 Å². The van der Waals surface area contributed by atoms with Crippen LogP contribution in [0.15, 0.2) is 41.8 Å². The molecule has 0 aliphatic carbocycles. The minimum Gasteiger partial charge on any atom is -0.496 e. The fraction of sp³-hybridized carbons (Fsp3) is 0.188. The summed E-state index contributed by atoms with van der Waals surface area (Å²) in [6, 6.07) is 4.66. The number of halogens is 1. The Labute approximate surface area is 147 Å². The van der Waals surface area contributed by atoms with Gasteiger partial charge in [-0.2, -0.15) is 5.10 Å². The third-order valence-corrected chi connectivity index (χ3v) is 3.67. The lowest BCUT2D eigenvalue weighted by molar-refractivity contribution is 0.318. The number of aromatic nitrogens is 3. The van der Waals surface area contributed by atoms with Gasteiger partial charge in [0, 0.05) is 11.8 Å². The highest BCUT2D eigenvalue weighted by Gasteiger charge is 2.15. The van der Waals surface area contributed by atoms with E-state index in [1.165, 1.54) is 22.8 Å². The molecular formula is C16H17FN6O2. The van der Waals surface area contributed by atoms with E-state index in [0.29, 0.717) is 22.6 Å². The van der Waals surface area contributed by atoms with Gasteiger partial charge in [-0.1, -0.05) is 5.16 Å². The van der Waals surface area contributed by atoms with Gasteiger partial charge in [0.1, 0.15) is 17.4 Å². The Morgan fingerprint density at radius 1 is 1.52 bits per heavy atom. The number of oxime groups is 1. The second-order valence-electron chi connectivity index (χ2n) is 5.27. The number of ether oxygens (including phenoxy) is 1. The van der Waals surface area contributed by atoms with Crippen molar-refractivity contribution in [2.45, 2.75) is 13.0 Å². The number of rotatable bonds is 5. The van der Waals surface area contributed by atoms with Crippen molar-refractivity contribution in [2.75, 3.05) is 12.4 Å². The average Bonchev–Trinajstić information content (AvgIpc) is 3.04. The molecule has 0 amide bonds. The summed E-state index contributed by atoms with van der Waals surface area (Å²) >= 11 is 0. The molecule has 0 aliphatic rings. The lowest BCUT2D eigenvalue weighted by atomic mass is 10.1. The number of fused-ring (bicyclic) bond motifs is 1. The molecule has 25 heavy (non-hydrogen) atoms. The van der Waals surface area contributed by atoms with Crippen molar-refractivity contribution >= 4 is 17.3 Å². The van der Waals surface area contributed by atoms with Gasteiger partial charge >= 0.3 is 0 Å². The predicted octanol–water partition coefficient (Wildman–Crippen LogP) is 2.14. The summed E-state index contributed by atoms with van der Waals surface area (Å²) < 4.78 is 41.9. The zero-order valence-electron chi connectivity index (χ0n) is 16.1. The maximum Gasteiger partial charge on any atom is 0.175 e. The smallest absolute Gasteiger partial charge is 0.175 e. The zero-order valence-corrected chi connectivity index (χ0v) is 13.1. The molecule has 130 valence electrons. The van der Waals surface area contributed by atoms with Crippen LogP contribution in [0.25, 0.3) is 5.65 Å². The number of nitrogens with zero attached hydrogens (tertiary/aromatic N) is 4. The molecule has 2 aromatic heterocycles. The second-order valence-corrected chi connectivity index (χ2v) is 5.27. The summed E-state index contributed by atoms with van der Waals surface area (Å²) in [4.78, 5) is 4.37. The Balaban J connectivity index is 1.93. The quantitative estimate of drug-likeness (QED) is 0.282. The number of nitrogens with two attached hydrogens (primary N) is 1. The van der Waals surface area contributed by atoms with Crippen LogP contribution in [0, 0.1) is 5.82 Å². The normalized spacial score (nSPS) is 15.3. The molecule has 4 N–H and O–H groups in total. The Bertz CT molecular complexity index is 1040. The first-order chi connectivity index (χ1) is 13.2. The van der Waals surface area contributed by atoms with Crippen LogP contribution in [0.4, 0.5) is 10.2 Å². The van der Waals surface area contributed by atoms with E-state index in [-0.39, 0.29) is 11.6 Å². The molecule has 3 rings (SSSR count). The predicted molar refractivity (Wildman–Crippen MR) is 90.5 cm³/mol. The van der Waals surface area contributed by atoms with Crippen LogP contribution in [-0.2, 0) is 0 Å². The number of amidine groups is 1. The van der Waals surface area contributed by atoms with Crippen LogP contribution in [0.1, 0.15) is 28.2 Å². The van der Waals surface area contributed by atoms with Gasteiger partial charge in [-0.3, -0.25) is 0 Å². The van der Waals surface area contributed by atoms with Crippen LogP contribution in [0.3, 0.4) is 0 Å². The fourth-order valence-corrected chi connectivity index (χ4v) is 2.43. The lowest BCUT2D eigenvalue weighted by Crippen LogP contribution is -2.14. The van der Waals surface area contributed by atoms with Crippen LogP contribution in [-0.4, -0.2) is 32.7 Å². The van der Waals surface area contributed by atoms with Gasteiger partial charge in [0.25, 0.3) is 0 Å². The summed E-state index contributed by atoms with van der Waals surface area (Å²) in [7, 11) is -2.67. The second kappa shape index (κ2) is 6.63. The summed E-state index contributed by atoms with van der Waals surface area (Å²) in [5.41, 5.74) is 6.59. The van der Waals surface area contributed by atoms with Gasteiger partial charge in [-0.15, -0.1) is 0 Å². The molecule has 8 nitrogen and oxygen atoms in total. The Morgan fingerprint density at radius 3 is 3.12 bits per heavy atom. The minimum absolute atomic E-state index is 0.0316. The topological polar surface area (TPSA) is 110 Å². The van der Waals surface area contributed by atoms with E-state index < -0.39 is 18.9 Å². The van der Waals surface area contributed by atoms with E-state index in [1.54, 1.807) is 19.2 Å². The van der Waals surface area contributed by atoms with Crippen LogP contribution < -0.4 is 15.8 Å². The molecule has 1 aromatic carbocycles. The zero-order chi connectivity index (χ0) is 20.5. The summed E-state index contributed by atoms with van der Waals surface area (Å²) in [5, 5.41) is 18.9. The highest BCUT2D eigenvalue weighted by molar-refractivity contribution is 6.02. The molecular weight excluding hydrogens is 327 g/mol. The molecule has 0 radical (unpaired) electrons. The number of benzene rings is 1. The summed E-state index contributed by atoms with van der Waals surface area (Å²) in [6.07, 6.45) is 3.01. The highest BCUT2D eigenvalue weighted by Crippen LogP contribution is 2.28. The number of methoxy groups -OCH3 is 1. The maximum atomic E-state index is 13.7. The number of nitrogens with one attached hydrogen (secondary N) is 1. The van der Waals surface area contributed by atoms with Crippen LogP contribution >= 0.6 is 0 Å². The minimum atomic E-state index is -2.67. The molecule has 2 heterocycles. The average molecular weight is 347 g/mol. The highest BCUT2D eigenvalue weighted by atomic mass is 19.1. The largest absolute Gasteiger partial charge is 0.496 e. The van der Waals surface area contributed by atoms with E-state index in [9.17, 15) is 4.39 Å². The Hall–Kier alpha value is -3.36. The van der Waals surface area contributed by atoms with E-state index in [2.05, 4.69) is 20.6 Å². The standard InChI is InChI=1S/C16H17FN6O2/c1-9(11-7-10(17)3-4-13(11)25-2)20-14-5-6-23-16(21-14)12(8-19-23)15(18)22-24/h3-9,24H,1-2H3,(H2,18,22)(H,20,21)/t9-/m1/s1/i2D3. The molecule has 0 bridgehead atoms. The van der Waals surface area contributed by atoms with Gasteiger partial charge in [0.15, 0.2) is 11.5 Å². The van der Waals surface area contributed by atoms with E-state index in [1.807, 2.05) is 0 Å². The van der Waals surface area contributed by atoms with Crippen molar-refractivity contribution in [1.82, 2.24) is 14.6 Å². The van der Waals surface area contributed by atoms with Crippen LogP contribution in [0.2, 0.25) is 0 Å². The fourth-order valence-electron chi connectivity index (χ4n) is 2.43. The van der Waals surface area contributed by atoms with Crippen molar-refractivity contribution < 1.29 is 18.4 Å². The van der Waals surface area contributed by atoms with Gasteiger partial charge in [-0.25, -0.2) is 13.9 Å². The van der Waals surface area contributed by atoms with Gasteiger partial charge in [0.05, 0.1) is 29.0 Å². The Kier molecular flexibility index (Phi) is 3.45. The molecule has 0 spiro atoms. The van der Waals surface area contributed by atoms with Crippen LogP contribution in [0.5, 0.6) is 5.75 Å². The van der Waals surface area contributed by atoms with E-state index in [4.69, 9.17) is 19.8 Å². The number of anilines is 1. The maximum absolute atomic E-state index is 13.7. The Morgan fingerprint density at radius 2 is 2.36 bits per heavy atom. The van der Waals surface area contributed by atoms with Gasteiger partial charge in [0.2, 0.25) is 0 Å². The van der Waals surface area contributed by atoms with Crippen molar-refractivity contribution in [3.05, 3.63) is 53.6 Å². The monoisotopic (exact) mass is 347 g/mol. The van der Waals surface area contributed by atoms with Gasteiger partial charge in [-0.05, 0) is 31.2 Å². The van der Waals surface area contributed by atoms with Crippen molar-refractivity contribution in [1.29, 1.82) is 0 Å². The molecule has 0 saturated carbocycles. The third-order valence-electron chi connectivity index (χ3n) is 3.67. The first-order valence-corrected chi connectivity index (χ1v) is 7.25. The van der Waals surface area contributed by atoms with Crippen molar-refractivity contribution in [3.63, 3.8) is 0 Å². The number of hydrogen-bond acceptors (Lipinski definition) is 6. The molecule has 0 unspecified atom stereocenters. The van der Waals surface area contributed by atoms with Crippen molar-refractivity contribution in [3.8, 4) is 5.75 Å². The van der Waals surface area contributed by atoms with E-state index >= 15 is 0 Å². The number of hydrogen-bond donors (Lipinski definition) is 3. The molecule has 1 atom stereocenters. The molecule has 0 aliphatic heterocycles. The first-order valence-electron chi connectivity index (χ1n) is 8.75.